The third-order valence-corrected chi connectivity index (χ3v) is 7.36. The highest BCUT2D eigenvalue weighted by molar-refractivity contribution is 7.92. The summed E-state index contributed by atoms with van der Waals surface area (Å²) in [6.07, 6.45) is 0. The number of hydrogen-bond donors (Lipinski definition) is 1. The molecule has 8 heteroatoms. The van der Waals surface area contributed by atoms with Gasteiger partial charge in [0.15, 0.2) is 0 Å². The molecule has 152 valence electrons. The van der Waals surface area contributed by atoms with Crippen LogP contribution >= 0.6 is 0 Å². The molecule has 0 bridgehead atoms. The van der Waals surface area contributed by atoms with Crippen LogP contribution in [0, 0.1) is 6.92 Å². The number of hydrogen-bond acceptors (Lipinski definition) is 5. The molecule has 0 unspecified atom stereocenters. The van der Waals surface area contributed by atoms with Gasteiger partial charge >= 0.3 is 0 Å². The second-order valence-corrected chi connectivity index (χ2v) is 9.93. The molecule has 0 fully saturated rings. The van der Waals surface area contributed by atoms with Gasteiger partial charge in [0.2, 0.25) is 9.84 Å². The molecule has 0 aliphatic carbocycles. The highest BCUT2D eigenvalue weighted by Crippen LogP contribution is 2.32. The van der Waals surface area contributed by atoms with Gasteiger partial charge in [-0.05, 0) is 56.3 Å². The lowest BCUT2D eigenvalue weighted by atomic mass is 10.2. The lowest BCUT2D eigenvalue weighted by Gasteiger charge is -2.14. The standard InChI is InChI=1S/C21H21NO5S2/c1-3-27-20-14-11-17(22-29(25,26)19-12-9-16(2)10-13-19)15-21(20)28(23,24)18-7-5-4-6-8-18/h4-15,22H,3H2,1-2H3. The molecule has 0 radical (unpaired) electrons. The van der Waals surface area contributed by atoms with Crippen LogP contribution in [0.15, 0.2) is 87.5 Å². The average Bonchev–Trinajstić information content (AvgIpc) is 2.70. The van der Waals surface area contributed by atoms with Crippen molar-refractivity contribution in [2.24, 2.45) is 0 Å². The monoisotopic (exact) mass is 431 g/mol. The Morgan fingerprint density at radius 3 is 2.10 bits per heavy atom. The van der Waals surface area contributed by atoms with Gasteiger partial charge in [0.1, 0.15) is 10.6 Å². The molecule has 29 heavy (non-hydrogen) atoms. The zero-order valence-corrected chi connectivity index (χ0v) is 17.6. The molecule has 3 rings (SSSR count). The molecular weight excluding hydrogens is 410 g/mol. The van der Waals surface area contributed by atoms with Crippen LogP contribution < -0.4 is 9.46 Å². The highest BCUT2D eigenvalue weighted by atomic mass is 32.2. The van der Waals surface area contributed by atoms with E-state index in [0.717, 1.165) is 5.56 Å². The van der Waals surface area contributed by atoms with Crippen molar-refractivity contribution in [1.29, 1.82) is 0 Å². The maximum Gasteiger partial charge on any atom is 0.261 e. The summed E-state index contributed by atoms with van der Waals surface area (Å²) in [4.78, 5) is 0.0820. The fourth-order valence-electron chi connectivity index (χ4n) is 2.71. The Bertz CT molecular complexity index is 1200. The third-order valence-electron chi connectivity index (χ3n) is 4.17. The summed E-state index contributed by atoms with van der Waals surface area (Å²) in [6, 6.07) is 18.5. The first-order valence-electron chi connectivity index (χ1n) is 8.90. The van der Waals surface area contributed by atoms with Crippen molar-refractivity contribution in [3.8, 4) is 5.75 Å². The first kappa shape index (κ1) is 20.9. The zero-order chi connectivity index (χ0) is 21.1. The summed E-state index contributed by atoms with van der Waals surface area (Å²) in [5.41, 5.74) is 1.06. The maximum absolute atomic E-state index is 13.1. The van der Waals surface area contributed by atoms with E-state index in [0.29, 0.717) is 0 Å². The SMILES string of the molecule is CCOc1ccc(NS(=O)(=O)c2ccc(C)cc2)cc1S(=O)(=O)c1ccccc1. The van der Waals surface area contributed by atoms with Crippen LogP contribution in [0.2, 0.25) is 0 Å². The molecule has 0 saturated heterocycles. The molecular formula is C21H21NO5S2. The van der Waals surface area contributed by atoms with Crippen LogP contribution in [0.5, 0.6) is 5.75 Å². The number of anilines is 1. The minimum atomic E-state index is -3.90. The first-order chi connectivity index (χ1) is 13.7. The summed E-state index contributed by atoms with van der Waals surface area (Å²) in [5, 5.41) is 0. The van der Waals surface area contributed by atoms with Crippen LogP contribution in [0.1, 0.15) is 12.5 Å². The van der Waals surface area contributed by atoms with E-state index in [-0.39, 0.29) is 32.7 Å². The number of rotatable bonds is 7. The molecule has 0 aliphatic heterocycles. The van der Waals surface area contributed by atoms with E-state index < -0.39 is 19.9 Å². The average molecular weight is 432 g/mol. The number of benzene rings is 3. The Morgan fingerprint density at radius 1 is 0.828 bits per heavy atom. The van der Waals surface area contributed by atoms with Gasteiger partial charge in [0.25, 0.3) is 10.0 Å². The van der Waals surface area contributed by atoms with Gasteiger partial charge in [0.05, 0.1) is 22.1 Å². The van der Waals surface area contributed by atoms with Crippen LogP contribution in [-0.2, 0) is 19.9 Å². The minimum Gasteiger partial charge on any atom is -0.492 e. The zero-order valence-electron chi connectivity index (χ0n) is 16.0. The molecule has 1 N–H and O–H groups in total. The van der Waals surface area contributed by atoms with Crippen LogP contribution in [0.25, 0.3) is 0 Å². The van der Waals surface area contributed by atoms with E-state index in [9.17, 15) is 16.8 Å². The summed E-state index contributed by atoms with van der Waals surface area (Å²) >= 11 is 0. The Labute approximate surface area is 171 Å². The number of aryl methyl sites for hydroxylation is 1. The topological polar surface area (TPSA) is 89.5 Å². The summed E-state index contributed by atoms with van der Waals surface area (Å²) in [5.74, 6) is 0.162. The quantitative estimate of drug-likeness (QED) is 0.610. The van der Waals surface area contributed by atoms with Crippen LogP contribution in [-0.4, -0.2) is 23.4 Å². The summed E-state index contributed by atoms with van der Waals surface area (Å²) in [7, 11) is -7.77. The van der Waals surface area contributed by atoms with E-state index >= 15 is 0 Å². The van der Waals surface area contributed by atoms with Crippen molar-refractivity contribution in [3.63, 3.8) is 0 Å². The van der Waals surface area contributed by atoms with E-state index in [4.69, 9.17) is 4.74 Å². The first-order valence-corrected chi connectivity index (χ1v) is 11.9. The lowest BCUT2D eigenvalue weighted by molar-refractivity contribution is 0.331. The third kappa shape index (κ3) is 4.60. The molecule has 0 heterocycles. The van der Waals surface area contributed by atoms with Crippen molar-refractivity contribution in [2.45, 2.75) is 28.5 Å². The molecule has 3 aromatic carbocycles. The molecule has 6 nitrogen and oxygen atoms in total. The normalized spacial score (nSPS) is 11.8. The van der Waals surface area contributed by atoms with Crippen molar-refractivity contribution >= 4 is 25.5 Å². The molecule has 0 atom stereocenters. The number of sulfonamides is 1. The molecule has 3 aromatic rings. The predicted molar refractivity (Wildman–Crippen MR) is 111 cm³/mol. The summed E-state index contributed by atoms with van der Waals surface area (Å²) < 4.78 is 59.4. The largest absolute Gasteiger partial charge is 0.492 e. The van der Waals surface area contributed by atoms with Crippen molar-refractivity contribution < 1.29 is 21.6 Å². The fraction of sp³-hybridized carbons (Fsp3) is 0.143. The molecule has 0 aromatic heterocycles. The van der Waals surface area contributed by atoms with Crippen LogP contribution in [0.4, 0.5) is 5.69 Å². The smallest absolute Gasteiger partial charge is 0.261 e. The minimum absolute atomic E-state index is 0.0875. The molecule has 0 spiro atoms. The predicted octanol–water partition coefficient (Wildman–Crippen LogP) is 4.03. The van der Waals surface area contributed by atoms with Gasteiger partial charge in [0, 0.05) is 0 Å². The molecule has 0 aliphatic rings. The lowest BCUT2D eigenvalue weighted by Crippen LogP contribution is -2.14. The number of nitrogens with one attached hydrogen (secondary N) is 1. The Balaban J connectivity index is 2.04. The second kappa shape index (κ2) is 8.26. The van der Waals surface area contributed by atoms with Gasteiger partial charge in [-0.15, -0.1) is 0 Å². The number of ether oxygens (including phenoxy) is 1. The molecule has 0 saturated carbocycles. The fourth-order valence-corrected chi connectivity index (χ4v) is 5.21. The van der Waals surface area contributed by atoms with Crippen molar-refractivity contribution in [2.75, 3.05) is 11.3 Å². The van der Waals surface area contributed by atoms with Crippen molar-refractivity contribution in [1.82, 2.24) is 0 Å². The van der Waals surface area contributed by atoms with Crippen molar-refractivity contribution in [3.05, 3.63) is 78.4 Å². The molecule has 0 amide bonds. The van der Waals surface area contributed by atoms with Crippen LogP contribution in [0.3, 0.4) is 0 Å². The Hall–Kier alpha value is -2.84. The second-order valence-electron chi connectivity index (χ2n) is 6.33. The van der Waals surface area contributed by atoms with Gasteiger partial charge in [-0.3, -0.25) is 4.72 Å². The maximum atomic E-state index is 13.1. The Morgan fingerprint density at radius 2 is 1.48 bits per heavy atom. The highest BCUT2D eigenvalue weighted by Gasteiger charge is 2.24. The van der Waals surface area contributed by atoms with Gasteiger partial charge in [-0.2, -0.15) is 0 Å². The Kier molecular flexibility index (Phi) is 5.95. The van der Waals surface area contributed by atoms with Gasteiger partial charge in [-0.25, -0.2) is 16.8 Å². The van der Waals surface area contributed by atoms with E-state index in [1.807, 2.05) is 6.92 Å². The summed E-state index contributed by atoms with van der Waals surface area (Å²) in [6.45, 7) is 3.87. The van der Waals surface area contributed by atoms with Gasteiger partial charge in [-0.1, -0.05) is 35.9 Å². The van der Waals surface area contributed by atoms with E-state index in [1.54, 1.807) is 37.3 Å². The van der Waals surface area contributed by atoms with E-state index in [2.05, 4.69) is 4.72 Å². The number of sulfone groups is 1. The van der Waals surface area contributed by atoms with E-state index in [1.165, 1.54) is 42.5 Å². The van der Waals surface area contributed by atoms with Gasteiger partial charge < -0.3 is 4.74 Å².